The molecule has 0 bridgehead atoms. The first kappa shape index (κ1) is 16.1. The third-order valence-corrected chi connectivity index (χ3v) is 0. The molecule has 0 saturated carbocycles. The van der Waals surface area contributed by atoms with Gasteiger partial charge in [0, 0.05) is 6.57 Å². The molecule has 0 amide bonds. The number of aliphatic hydroxyl groups is 1. The topological polar surface area (TPSA) is 67.8 Å². The van der Waals surface area contributed by atoms with Crippen LogP contribution in [0.1, 0.15) is 1.43 Å². The molecule has 28 valence electrons. The molecule has 0 aliphatic heterocycles. The van der Waals surface area contributed by atoms with Gasteiger partial charge in [-0.15, -0.1) is 0 Å². The predicted molar refractivity (Wildman–Crippen MR) is 15.3 cm³/mol. The molecule has 0 aromatic rings. The van der Waals surface area contributed by atoms with Crippen LogP contribution in [-0.2, 0) is 0 Å². The first-order valence-corrected chi connectivity index (χ1v) is 0.705. The monoisotopic (exact) mass is 110 g/mol. The summed E-state index contributed by atoms with van der Waals surface area (Å²) in [5, 5.41) is 20.2. The average molecular weight is 110 g/mol. The molecule has 0 aromatic heterocycles. The van der Waals surface area contributed by atoms with Crippen LogP contribution in [0.5, 0.6) is 0 Å². The maximum atomic E-state index is 6.88. The fourth-order valence-corrected chi connectivity index (χ4v) is 0. The molecule has 0 heterocycles. The van der Waals surface area contributed by atoms with E-state index in [1.807, 2.05) is 0 Å². The minimum Gasteiger partial charge on any atom is -1.00 e. The molecule has 3 nitrogen and oxygen atoms in total. The van der Waals surface area contributed by atoms with Crippen molar-refractivity contribution in [3.63, 3.8) is 0 Å². The maximum Gasteiger partial charge on any atom is 1.00 e. The third-order valence-electron chi connectivity index (χ3n) is 0. The Morgan fingerprint density at radius 3 is 1.67 bits per heavy atom. The van der Waals surface area contributed by atoms with Crippen LogP contribution in [0.25, 0.3) is 0 Å². The van der Waals surface area contributed by atoms with E-state index in [2.05, 4.69) is 6.57 Å². The summed E-state index contributed by atoms with van der Waals surface area (Å²) in [6.07, 6.45) is 0.750. The fraction of sp³-hybridized carbons (Fsp3) is 0. The van der Waals surface area contributed by atoms with Gasteiger partial charge >= 0.3 is 51.4 Å². The summed E-state index contributed by atoms with van der Waals surface area (Å²) in [7, 11) is 0. The van der Waals surface area contributed by atoms with E-state index >= 15 is 0 Å². The van der Waals surface area contributed by atoms with E-state index in [-0.39, 0.29) is 52.8 Å². The van der Waals surface area contributed by atoms with Crippen molar-refractivity contribution >= 4 is 0 Å². The number of nitrogens with zero attached hydrogens (tertiary/aromatic N) is 2. The summed E-state index contributed by atoms with van der Waals surface area (Å²) < 4.78 is 0. The zero-order valence-electron chi connectivity index (χ0n) is 4.42. The van der Waals surface area contributed by atoms with Crippen molar-refractivity contribution in [2.45, 2.75) is 0 Å². The van der Waals surface area contributed by atoms with Crippen molar-refractivity contribution < 1.29 is 57.9 Å². The summed E-state index contributed by atoms with van der Waals surface area (Å²) in [4.78, 5) is 0. The number of hydrogen-bond donors (Lipinski definition) is 1. The van der Waals surface area contributed by atoms with Gasteiger partial charge in [0.05, 0.1) is 0 Å². The Bertz CT molecular complexity index is 58.4. The van der Waals surface area contributed by atoms with Crippen LogP contribution in [0.15, 0.2) is 0 Å². The van der Waals surface area contributed by atoms with Crippen LogP contribution in [0.4, 0.5) is 0 Å². The SMILES string of the molecule is C#N.N#CO.[H-].[K+]. The van der Waals surface area contributed by atoms with Crippen molar-refractivity contribution in [1.82, 2.24) is 0 Å². The van der Waals surface area contributed by atoms with Crippen molar-refractivity contribution in [2.24, 2.45) is 0 Å². The molecule has 0 rings (SSSR count). The van der Waals surface area contributed by atoms with Gasteiger partial charge < -0.3 is 6.53 Å². The van der Waals surface area contributed by atoms with Crippen LogP contribution >= 0.6 is 0 Å². The summed E-state index contributed by atoms with van der Waals surface area (Å²) >= 11 is 0. The van der Waals surface area contributed by atoms with E-state index in [0.717, 1.165) is 6.26 Å². The second-order valence-electron chi connectivity index (χ2n) is 0.100. The molecule has 0 aromatic carbocycles. The van der Waals surface area contributed by atoms with Gasteiger partial charge in [0.2, 0.25) is 0 Å². The standard InChI is InChI=1S/CHNO.CHN.K.H/c2-1-3;1-2;;/h3H;1H;;/q;;+1;-1. The minimum atomic E-state index is 0. The summed E-state index contributed by atoms with van der Waals surface area (Å²) in [6, 6.07) is 0. The van der Waals surface area contributed by atoms with E-state index in [9.17, 15) is 0 Å². The Hall–Kier alpha value is 0.416. The quantitative estimate of drug-likeness (QED) is 0.268. The molecule has 0 spiro atoms. The number of aliphatic hydroxyl groups excluding tert-OH is 1. The van der Waals surface area contributed by atoms with E-state index in [1.54, 1.807) is 0 Å². The molecule has 6 heavy (non-hydrogen) atoms. The predicted octanol–water partition coefficient (Wildman–Crippen LogP) is -2.90. The van der Waals surface area contributed by atoms with Crippen molar-refractivity contribution in [1.29, 1.82) is 10.5 Å². The normalized spacial score (nSPS) is 1.50. The Labute approximate surface area is 80.1 Å². The van der Waals surface area contributed by atoms with Crippen molar-refractivity contribution in [3.8, 4) is 12.8 Å². The molecule has 0 saturated heterocycles. The molecule has 0 unspecified atom stereocenters. The molecule has 0 radical (unpaired) electrons. The van der Waals surface area contributed by atoms with E-state index in [4.69, 9.17) is 15.6 Å². The van der Waals surface area contributed by atoms with Crippen LogP contribution < -0.4 is 51.4 Å². The molecular formula is C2H3KN2O. The molecule has 1 N–H and O–H groups in total. The number of rotatable bonds is 0. The molecule has 0 atom stereocenters. The van der Waals surface area contributed by atoms with E-state index in [0.29, 0.717) is 0 Å². The Balaban J connectivity index is -0.0000000105. The fourth-order valence-electron chi connectivity index (χ4n) is 0. The van der Waals surface area contributed by atoms with Gasteiger partial charge in [0.15, 0.2) is 0 Å². The largest absolute Gasteiger partial charge is 1.00 e. The second kappa shape index (κ2) is 52.7. The van der Waals surface area contributed by atoms with Crippen LogP contribution in [0.2, 0.25) is 0 Å². The third kappa shape index (κ3) is 297. The van der Waals surface area contributed by atoms with Crippen LogP contribution in [0.3, 0.4) is 0 Å². The van der Waals surface area contributed by atoms with Gasteiger partial charge in [-0.25, -0.2) is 5.26 Å². The molecule has 0 aliphatic rings. The van der Waals surface area contributed by atoms with E-state index < -0.39 is 0 Å². The smallest absolute Gasteiger partial charge is 1.00 e. The number of nitriles is 2. The Morgan fingerprint density at radius 2 is 1.67 bits per heavy atom. The van der Waals surface area contributed by atoms with Gasteiger partial charge in [-0.3, -0.25) is 0 Å². The second-order valence-corrected chi connectivity index (χ2v) is 0.100. The Kier molecular flexibility index (Phi) is 142. The molecular weight excluding hydrogens is 107 g/mol. The average Bonchev–Trinajstić information content (AvgIpc) is 1.46. The Morgan fingerprint density at radius 1 is 1.67 bits per heavy atom. The van der Waals surface area contributed by atoms with Gasteiger partial charge in [-0.05, 0) is 0 Å². The first-order valence-electron chi connectivity index (χ1n) is 0.705. The maximum absolute atomic E-state index is 6.88. The minimum absolute atomic E-state index is 0. The van der Waals surface area contributed by atoms with Gasteiger partial charge in [-0.2, -0.15) is 5.26 Å². The van der Waals surface area contributed by atoms with E-state index in [1.165, 1.54) is 0 Å². The summed E-state index contributed by atoms with van der Waals surface area (Å²) in [5.74, 6) is 0. The first-order chi connectivity index (χ1) is 2.41. The molecule has 0 fully saturated rings. The van der Waals surface area contributed by atoms with Gasteiger partial charge in [0.25, 0.3) is 6.26 Å². The molecule has 4 heteroatoms. The summed E-state index contributed by atoms with van der Waals surface area (Å²) in [5.41, 5.74) is 0. The van der Waals surface area contributed by atoms with Crippen LogP contribution in [0, 0.1) is 23.4 Å². The van der Waals surface area contributed by atoms with Crippen molar-refractivity contribution in [3.05, 3.63) is 0 Å². The zero-order chi connectivity index (χ0) is 4.71. The summed E-state index contributed by atoms with van der Waals surface area (Å²) in [6.45, 7) is 3.50. The molecule has 0 aliphatic carbocycles. The van der Waals surface area contributed by atoms with Gasteiger partial charge in [-0.1, -0.05) is 0 Å². The zero-order valence-corrected chi connectivity index (χ0v) is 6.54. The number of hydrogen-bond acceptors (Lipinski definition) is 3. The van der Waals surface area contributed by atoms with Gasteiger partial charge in [0.1, 0.15) is 0 Å². The van der Waals surface area contributed by atoms with Crippen LogP contribution in [-0.4, -0.2) is 5.11 Å². The van der Waals surface area contributed by atoms with Crippen molar-refractivity contribution in [2.75, 3.05) is 0 Å².